The maximum absolute atomic E-state index is 9.56. The minimum Gasteiger partial charge on any atom is -0.396 e. The van der Waals surface area contributed by atoms with Crippen LogP contribution in [0.4, 0.5) is 5.69 Å². The number of nitrogens with two attached hydrogens (primary N) is 1. The Labute approximate surface area is 259 Å². The third-order valence-corrected chi connectivity index (χ3v) is 7.25. The van der Waals surface area contributed by atoms with E-state index in [0.717, 1.165) is 47.4 Å². The van der Waals surface area contributed by atoms with Gasteiger partial charge in [-0.2, -0.15) is 0 Å². The first-order chi connectivity index (χ1) is 20.6. The molecular formula is C36H52N6O. The molecule has 0 aliphatic heterocycles. The average molecular weight is 585 g/mol. The zero-order valence-electron chi connectivity index (χ0n) is 27.1. The molecule has 0 aromatic heterocycles. The van der Waals surface area contributed by atoms with Gasteiger partial charge in [0.15, 0.2) is 0 Å². The lowest BCUT2D eigenvalue weighted by Gasteiger charge is -2.24. The van der Waals surface area contributed by atoms with E-state index in [1.54, 1.807) is 19.4 Å². The number of rotatable bonds is 17. The predicted octanol–water partition coefficient (Wildman–Crippen LogP) is 6.93. The molecule has 0 saturated carbocycles. The van der Waals surface area contributed by atoms with E-state index in [9.17, 15) is 5.11 Å². The first kappa shape index (κ1) is 35.1. The molecule has 6 N–H and O–H groups in total. The number of aryl methyl sites for hydroxylation is 1. The Hall–Kier alpha value is -4.07. The van der Waals surface area contributed by atoms with Gasteiger partial charge in [0.1, 0.15) is 0 Å². The van der Waals surface area contributed by atoms with E-state index in [-0.39, 0.29) is 6.61 Å². The molecule has 2 aromatic carbocycles. The Morgan fingerprint density at radius 2 is 1.58 bits per heavy atom. The van der Waals surface area contributed by atoms with Crippen LogP contribution in [0.5, 0.6) is 0 Å². The molecule has 232 valence electrons. The summed E-state index contributed by atoms with van der Waals surface area (Å²) < 4.78 is 0. The van der Waals surface area contributed by atoms with Gasteiger partial charge in [-0.15, -0.1) is 0 Å². The van der Waals surface area contributed by atoms with Crippen molar-refractivity contribution in [3.05, 3.63) is 113 Å². The summed E-state index contributed by atoms with van der Waals surface area (Å²) in [6.45, 7) is 12.4. The summed E-state index contributed by atoms with van der Waals surface area (Å²) in [5.74, 6) is 6.29. The summed E-state index contributed by atoms with van der Waals surface area (Å²) in [6, 6.07) is 17.0. The third-order valence-electron chi connectivity index (χ3n) is 7.25. The summed E-state index contributed by atoms with van der Waals surface area (Å²) in [5, 5.41) is 25.4. The smallest absolute Gasteiger partial charge is 0.0434 e. The molecule has 0 bridgehead atoms. The zero-order chi connectivity index (χ0) is 31.8. The third kappa shape index (κ3) is 12.4. The number of hydrazine groups is 1. The molecule has 0 spiro atoms. The molecule has 0 radical (unpaired) electrons. The van der Waals surface area contributed by atoms with Crippen LogP contribution >= 0.6 is 0 Å². The number of anilines is 1. The molecule has 0 saturated heterocycles. The van der Waals surface area contributed by atoms with Crippen molar-refractivity contribution < 1.29 is 5.11 Å². The van der Waals surface area contributed by atoms with Crippen molar-refractivity contribution in [1.82, 2.24) is 15.2 Å². The summed E-state index contributed by atoms with van der Waals surface area (Å²) in [7, 11) is 3.57. The Morgan fingerprint density at radius 3 is 2.14 bits per heavy atom. The number of nitrogens with zero attached hydrogens (tertiary/aromatic N) is 2. The van der Waals surface area contributed by atoms with Gasteiger partial charge in [-0.05, 0) is 86.1 Å². The van der Waals surface area contributed by atoms with Gasteiger partial charge in [-0.3, -0.25) is 0 Å². The fourth-order valence-corrected chi connectivity index (χ4v) is 4.70. The maximum Gasteiger partial charge on any atom is 0.0434 e. The van der Waals surface area contributed by atoms with Gasteiger partial charge in [0, 0.05) is 81.6 Å². The van der Waals surface area contributed by atoms with Crippen LogP contribution in [0.1, 0.15) is 57.2 Å². The molecule has 0 amide bonds. The van der Waals surface area contributed by atoms with E-state index >= 15 is 0 Å². The minimum absolute atomic E-state index is 0.208. The van der Waals surface area contributed by atoms with Crippen LogP contribution in [0.3, 0.4) is 0 Å². The number of aliphatic hydroxyl groups is 1. The van der Waals surface area contributed by atoms with Crippen molar-refractivity contribution in [2.75, 3.05) is 39.1 Å². The zero-order valence-corrected chi connectivity index (χ0v) is 27.1. The van der Waals surface area contributed by atoms with E-state index in [2.05, 4.69) is 111 Å². The normalized spacial score (nSPS) is 13.9. The van der Waals surface area contributed by atoms with Crippen LogP contribution in [0.2, 0.25) is 0 Å². The Bertz CT molecular complexity index is 1300. The van der Waals surface area contributed by atoms with Gasteiger partial charge < -0.3 is 31.1 Å². The number of aliphatic hydroxyl groups excluding tert-OH is 1. The second-order valence-corrected chi connectivity index (χ2v) is 11.2. The van der Waals surface area contributed by atoms with Crippen LogP contribution in [-0.2, 0) is 0 Å². The molecular weight excluding hydrogens is 532 g/mol. The lowest BCUT2D eigenvalue weighted by Crippen LogP contribution is -2.22. The minimum atomic E-state index is 0.208. The summed E-state index contributed by atoms with van der Waals surface area (Å²) in [6.07, 6.45) is 13.2. The molecule has 43 heavy (non-hydrogen) atoms. The number of benzene rings is 2. The fraction of sp³-hybridized carbons (Fsp3) is 0.361. The monoisotopic (exact) mass is 584 g/mol. The van der Waals surface area contributed by atoms with Gasteiger partial charge in [0.2, 0.25) is 0 Å². The molecule has 1 atom stereocenters. The molecule has 0 heterocycles. The fourth-order valence-electron chi connectivity index (χ4n) is 4.70. The highest BCUT2D eigenvalue weighted by Gasteiger charge is 2.11. The van der Waals surface area contributed by atoms with Crippen molar-refractivity contribution in [2.24, 2.45) is 11.8 Å². The molecule has 2 aromatic rings. The highest BCUT2D eigenvalue weighted by molar-refractivity contribution is 5.85. The molecule has 0 fully saturated rings. The highest BCUT2D eigenvalue weighted by Crippen LogP contribution is 2.22. The van der Waals surface area contributed by atoms with Crippen LogP contribution in [0.15, 0.2) is 96.1 Å². The van der Waals surface area contributed by atoms with Gasteiger partial charge in [-0.1, -0.05) is 55.3 Å². The molecule has 7 heteroatoms. The number of hydrogen-bond donors (Lipinski definition) is 5. The van der Waals surface area contributed by atoms with Crippen molar-refractivity contribution in [3.8, 4) is 0 Å². The SMILES string of the molecule is CCC(CCO)CN(/C=C(\C)CNc1ccc(/C(C)=C/C(=C/N(C)N)C(/C=N)=C\NC)cc1)/C=C(\C)c1ccc(C)cc1. The lowest BCUT2D eigenvalue weighted by molar-refractivity contribution is 0.238. The van der Waals surface area contributed by atoms with Gasteiger partial charge in [0.05, 0.1) is 0 Å². The topological polar surface area (TPSA) is 101 Å². The van der Waals surface area contributed by atoms with Gasteiger partial charge in [-0.25, -0.2) is 5.84 Å². The highest BCUT2D eigenvalue weighted by atomic mass is 16.3. The van der Waals surface area contributed by atoms with E-state index < -0.39 is 0 Å². The summed E-state index contributed by atoms with van der Waals surface area (Å²) in [4.78, 5) is 2.28. The summed E-state index contributed by atoms with van der Waals surface area (Å²) in [5.41, 5.74) is 9.67. The Morgan fingerprint density at radius 1 is 0.953 bits per heavy atom. The van der Waals surface area contributed by atoms with Crippen molar-refractivity contribution in [3.63, 3.8) is 0 Å². The molecule has 7 nitrogen and oxygen atoms in total. The number of nitrogens with one attached hydrogen (secondary N) is 3. The first-order valence-corrected chi connectivity index (χ1v) is 15.0. The number of hydrogen-bond acceptors (Lipinski definition) is 7. The second kappa shape index (κ2) is 18.5. The summed E-state index contributed by atoms with van der Waals surface area (Å²) >= 11 is 0. The second-order valence-electron chi connectivity index (χ2n) is 11.2. The Kier molecular flexibility index (Phi) is 15.1. The molecule has 0 aliphatic rings. The number of allylic oxidation sites excluding steroid dienone is 5. The average Bonchev–Trinajstić information content (AvgIpc) is 2.98. The van der Waals surface area contributed by atoms with Crippen LogP contribution in [0, 0.1) is 18.3 Å². The van der Waals surface area contributed by atoms with E-state index in [0.29, 0.717) is 12.5 Å². The van der Waals surface area contributed by atoms with Crippen molar-refractivity contribution >= 4 is 23.0 Å². The molecule has 1 unspecified atom stereocenters. The van der Waals surface area contributed by atoms with E-state index in [1.165, 1.54) is 33.5 Å². The van der Waals surface area contributed by atoms with E-state index in [4.69, 9.17) is 11.3 Å². The first-order valence-electron chi connectivity index (χ1n) is 15.0. The maximum atomic E-state index is 9.56. The van der Waals surface area contributed by atoms with Crippen LogP contribution in [0.25, 0.3) is 11.1 Å². The predicted molar refractivity (Wildman–Crippen MR) is 185 cm³/mol. The van der Waals surface area contributed by atoms with Crippen molar-refractivity contribution in [1.29, 1.82) is 5.41 Å². The van der Waals surface area contributed by atoms with Gasteiger partial charge >= 0.3 is 0 Å². The standard InChI is InChI=1S/C36H52N6O/c1-8-31(17-18-43)25-42(24-30(5)33-11-9-27(2)10-12-33)23-28(3)21-40-36-15-13-32(14-16-36)29(4)19-34(26-41(7)38)35(20-37)22-39-6/h9-16,19-20,22-24,26,31,37,39-40,43H,8,17-18,21,25,38H2,1-7H3/b28-23+,29-19+,30-24+,34-26-,35-22-,37-20?. The largest absolute Gasteiger partial charge is 0.396 e. The molecule has 0 aliphatic carbocycles. The molecule has 2 rings (SSSR count). The van der Waals surface area contributed by atoms with E-state index in [1.807, 2.05) is 13.1 Å². The quantitative estimate of drug-likeness (QED) is 0.0599. The Balaban J connectivity index is 2.20. The van der Waals surface area contributed by atoms with Crippen molar-refractivity contribution in [2.45, 2.75) is 47.5 Å². The van der Waals surface area contributed by atoms with Crippen LogP contribution < -0.4 is 16.5 Å². The van der Waals surface area contributed by atoms with Gasteiger partial charge in [0.25, 0.3) is 0 Å². The lowest BCUT2D eigenvalue weighted by atomic mass is 10.0. The van der Waals surface area contributed by atoms with Crippen LogP contribution in [-0.4, -0.2) is 55.0 Å².